The van der Waals surface area contributed by atoms with Gasteiger partial charge in [-0.25, -0.2) is 9.18 Å². The Morgan fingerprint density at radius 2 is 2.06 bits per heavy atom. The monoisotopic (exact) mass is 254 g/mol. The molecule has 0 aliphatic heterocycles. The van der Waals surface area contributed by atoms with Gasteiger partial charge < -0.3 is 15.3 Å². The van der Waals surface area contributed by atoms with E-state index in [4.69, 9.17) is 5.11 Å². The summed E-state index contributed by atoms with van der Waals surface area (Å²) in [7, 11) is 3.61. The van der Waals surface area contributed by atoms with Crippen molar-refractivity contribution in [3.05, 3.63) is 29.6 Å². The lowest BCUT2D eigenvalue weighted by Gasteiger charge is -2.11. The lowest BCUT2D eigenvalue weighted by molar-refractivity contribution is -0.116. The van der Waals surface area contributed by atoms with Crippen molar-refractivity contribution >= 4 is 17.6 Å². The molecule has 0 fully saturated rings. The molecule has 0 heterocycles. The van der Waals surface area contributed by atoms with Gasteiger partial charge >= 0.3 is 5.97 Å². The highest BCUT2D eigenvalue weighted by molar-refractivity contribution is 6.00. The Morgan fingerprint density at radius 1 is 1.39 bits per heavy atom. The lowest BCUT2D eigenvalue weighted by atomic mass is 10.1. The molecule has 0 aromatic heterocycles. The molecule has 0 radical (unpaired) electrons. The van der Waals surface area contributed by atoms with E-state index in [-0.39, 0.29) is 17.7 Å². The molecule has 0 bridgehead atoms. The number of nitrogens with zero attached hydrogens (tertiary/aromatic N) is 1. The number of benzene rings is 1. The Labute approximate surface area is 104 Å². The highest BCUT2D eigenvalue weighted by Gasteiger charge is 2.16. The summed E-state index contributed by atoms with van der Waals surface area (Å²) < 4.78 is 13.5. The SMILES string of the molecule is CN(C)CCC(=O)Nc1c(F)cccc1C(=O)O. The third kappa shape index (κ3) is 3.81. The first kappa shape index (κ1) is 14.1. The summed E-state index contributed by atoms with van der Waals surface area (Å²) in [6.45, 7) is 0.503. The van der Waals surface area contributed by atoms with E-state index in [9.17, 15) is 14.0 Å². The predicted octanol–water partition coefficient (Wildman–Crippen LogP) is 1.41. The third-order valence-corrected chi connectivity index (χ3v) is 2.29. The molecule has 1 aromatic carbocycles. The van der Waals surface area contributed by atoms with E-state index >= 15 is 0 Å². The summed E-state index contributed by atoms with van der Waals surface area (Å²) in [5.41, 5.74) is -0.540. The van der Waals surface area contributed by atoms with Crippen LogP contribution in [-0.4, -0.2) is 42.5 Å². The van der Waals surface area contributed by atoms with E-state index in [0.29, 0.717) is 6.54 Å². The minimum absolute atomic E-state index is 0.167. The number of hydrogen-bond acceptors (Lipinski definition) is 3. The maximum atomic E-state index is 13.5. The molecule has 1 rings (SSSR count). The van der Waals surface area contributed by atoms with Crippen LogP contribution in [0.5, 0.6) is 0 Å². The van der Waals surface area contributed by atoms with Gasteiger partial charge in [0.1, 0.15) is 5.82 Å². The van der Waals surface area contributed by atoms with Crippen LogP contribution in [0.3, 0.4) is 0 Å². The van der Waals surface area contributed by atoms with Gasteiger partial charge in [0.15, 0.2) is 0 Å². The average Bonchev–Trinajstić information content (AvgIpc) is 2.28. The standard InChI is InChI=1S/C12H15FN2O3/c1-15(2)7-6-10(16)14-11-8(12(17)18)4-3-5-9(11)13/h3-5H,6-7H2,1-2H3,(H,14,16)(H,17,18). The van der Waals surface area contributed by atoms with E-state index < -0.39 is 17.7 Å². The average molecular weight is 254 g/mol. The predicted molar refractivity (Wildman–Crippen MR) is 65.2 cm³/mol. The highest BCUT2D eigenvalue weighted by atomic mass is 19.1. The van der Waals surface area contributed by atoms with Crippen LogP contribution < -0.4 is 5.32 Å². The fourth-order valence-electron chi connectivity index (χ4n) is 1.36. The van der Waals surface area contributed by atoms with E-state index in [2.05, 4.69) is 5.32 Å². The van der Waals surface area contributed by atoms with Crippen molar-refractivity contribution in [1.82, 2.24) is 4.90 Å². The molecule has 0 aliphatic rings. The van der Waals surface area contributed by atoms with Gasteiger partial charge in [-0.3, -0.25) is 4.79 Å². The second-order valence-electron chi connectivity index (χ2n) is 4.07. The molecule has 98 valence electrons. The van der Waals surface area contributed by atoms with Crippen molar-refractivity contribution in [2.75, 3.05) is 26.0 Å². The molecule has 5 nitrogen and oxygen atoms in total. The second-order valence-corrected chi connectivity index (χ2v) is 4.07. The van der Waals surface area contributed by atoms with Crippen molar-refractivity contribution in [2.24, 2.45) is 0 Å². The quantitative estimate of drug-likeness (QED) is 0.833. The smallest absolute Gasteiger partial charge is 0.337 e. The minimum Gasteiger partial charge on any atom is -0.478 e. The molecule has 0 saturated heterocycles. The maximum Gasteiger partial charge on any atom is 0.337 e. The van der Waals surface area contributed by atoms with Gasteiger partial charge in [0.05, 0.1) is 11.3 Å². The van der Waals surface area contributed by atoms with Crippen LogP contribution in [0.1, 0.15) is 16.8 Å². The largest absolute Gasteiger partial charge is 0.478 e. The summed E-state index contributed by atoms with van der Waals surface area (Å²) in [5, 5.41) is 11.2. The first-order valence-corrected chi connectivity index (χ1v) is 5.38. The summed E-state index contributed by atoms with van der Waals surface area (Å²) in [6, 6.07) is 3.63. The van der Waals surface area contributed by atoms with Crippen molar-refractivity contribution in [2.45, 2.75) is 6.42 Å². The molecule has 1 amide bonds. The third-order valence-electron chi connectivity index (χ3n) is 2.29. The maximum absolute atomic E-state index is 13.5. The zero-order valence-electron chi connectivity index (χ0n) is 10.2. The number of anilines is 1. The number of carbonyl (C=O) groups is 2. The van der Waals surface area contributed by atoms with Gasteiger partial charge in [0.2, 0.25) is 5.91 Å². The van der Waals surface area contributed by atoms with E-state index in [0.717, 1.165) is 6.07 Å². The molecule has 0 unspecified atom stereocenters. The number of carbonyl (C=O) groups excluding carboxylic acids is 1. The molecular weight excluding hydrogens is 239 g/mol. The van der Waals surface area contributed by atoms with Crippen LogP contribution in [-0.2, 0) is 4.79 Å². The normalized spacial score (nSPS) is 10.4. The van der Waals surface area contributed by atoms with Crippen LogP contribution in [0.25, 0.3) is 0 Å². The number of amides is 1. The zero-order chi connectivity index (χ0) is 13.7. The Hall–Kier alpha value is -1.95. The first-order chi connectivity index (χ1) is 8.41. The summed E-state index contributed by atoms with van der Waals surface area (Å²) in [6.07, 6.45) is 0.167. The number of rotatable bonds is 5. The first-order valence-electron chi connectivity index (χ1n) is 5.38. The van der Waals surface area contributed by atoms with E-state index in [1.165, 1.54) is 12.1 Å². The number of carboxylic acids is 1. The molecule has 0 saturated carbocycles. The lowest BCUT2D eigenvalue weighted by Crippen LogP contribution is -2.22. The van der Waals surface area contributed by atoms with Crippen LogP contribution in [0.2, 0.25) is 0 Å². The molecule has 1 aromatic rings. The van der Waals surface area contributed by atoms with Gasteiger partial charge in [-0.2, -0.15) is 0 Å². The molecule has 0 aliphatic carbocycles. The van der Waals surface area contributed by atoms with Gasteiger partial charge in [0, 0.05) is 13.0 Å². The Morgan fingerprint density at radius 3 is 2.61 bits per heavy atom. The second kappa shape index (κ2) is 6.11. The molecule has 6 heteroatoms. The van der Waals surface area contributed by atoms with Crippen molar-refractivity contribution in [3.63, 3.8) is 0 Å². The van der Waals surface area contributed by atoms with Crippen molar-refractivity contribution in [1.29, 1.82) is 0 Å². The number of para-hydroxylation sites is 1. The number of carboxylic acid groups (broad SMARTS) is 1. The molecule has 2 N–H and O–H groups in total. The van der Waals surface area contributed by atoms with Crippen LogP contribution >= 0.6 is 0 Å². The zero-order valence-corrected chi connectivity index (χ0v) is 10.2. The van der Waals surface area contributed by atoms with Gasteiger partial charge in [-0.05, 0) is 26.2 Å². The van der Waals surface area contributed by atoms with E-state index in [1.807, 2.05) is 0 Å². The van der Waals surface area contributed by atoms with Crippen molar-refractivity contribution < 1.29 is 19.1 Å². The number of hydrogen-bond donors (Lipinski definition) is 2. The van der Waals surface area contributed by atoms with E-state index in [1.54, 1.807) is 19.0 Å². The Kier molecular flexibility index (Phi) is 4.79. The summed E-state index contributed by atoms with van der Waals surface area (Å²) in [5.74, 6) is -2.46. The molecule has 0 spiro atoms. The number of halogens is 1. The fraction of sp³-hybridized carbons (Fsp3) is 0.333. The van der Waals surface area contributed by atoms with Crippen molar-refractivity contribution in [3.8, 4) is 0 Å². The van der Waals surface area contributed by atoms with Gasteiger partial charge in [-0.1, -0.05) is 6.07 Å². The number of aromatic carboxylic acids is 1. The molecule has 0 atom stereocenters. The van der Waals surface area contributed by atoms with Gasteiger partial charge in [-0.15, -0.1) is 0 Å². The highest BCUT2D eigenvalue weighted by Crippen LogP contribution is 2.20. The molecule has 18 heavy (non-hydrogen) atoms. The Balaban J connectivity index is 2.83. The Bertz CT molecular complexity index is 461. The van der Waals surface area contributed by atoms with Crippen LogP contribution in [0, 0.1) is 5.82 Å². The number of nitrogens with one attached hydrogen (secondary N) is 1. The van der Waals surface area contributed by atoms with Crippen LogP contribution in [0.4, 0.5) is 10.1 Å². The minimum atomic E-state index is -1.28. The topological polar surface area (TPSA) is 69.6 Å². The van der Waals surface area contributed by atoms with Crippen LogP contribution in [0.15, 0.2) is 18.2 Å². The summed E-state index contributed by atoms with van der Waals surface area (Å²) >= 11 is 0. The summed E-state index contributed by atoms with van der Waals surface area (Å²) in [4.78, 5) is 24.2. The fourth-order valence-corrected chi connectivity index (χ4v) is 1.36. The van der Waals surface area contributed by atoms with Gasteiger partial charge in [0.25, 0.3) is 0 Å². The molecular formula is C12H15FN2O3.